The van der Waals surface area contributed by atoms with Gasteiger partial charge in [0.15, 0.2) is 0 Å². The van der Waals surface area contributed by atoms with Crippen LogP contribution in [0.4, 0.5) is 0 Å². The molecular weight excluding hydrogens is 304 g/mol. The molecule has 1 heterocycles. The second-order valence-electron chi connectivity index (χ2n) is 8.69. The summed E-state index contributed by atoms with van der Waals surface area (Å²) in [6.07, 6.45) is 7.44. The Morgan fingerprint density at radius 3 is 2.75 bits per heavy atom. The zero-order valence-corrected chi connectivity index (χ0v) is 15.1. The molecule has 134 valence electrons. The first kappa shape index (κ1) is 17.8. The SMILES string of the molecule is C=C1CCC2C(C)(C)CCCC2(C)C1C1C=C(C=O)C(CO)OO1. The van der Waals surface area contributed by atoms with E-state index in [2.05, 4.69) is 27.4 Å². The van der Waals surface area contributed by atoms with Crippen LogP contribution in [0.15, 0.2) is 23.8 Å². The highest BCUT2D eigenvalue weighted by Gasteiger charge is 2.55. The van der Waals surface area contributed by atoms with Gasteiger partial charge in [-0.15, -0.1) is 0 Å². The molecule has 4 nitrogen and oxygen atoms in total. The van der Waals surface area contributed by atoms with Crippen LogP contribution in [0.5, 0.6) is 0 Å². The molecule has 0 aromatic carbocycles. The lowest BCUT2D eigenvalue weighted by Crippen LogP contribution is -2.53. The molecule has 0 spiro atoms. The Morgan fingerprint density at radius 1 is 1.33 bits per heavy atom. The quantitative estimate of drug-likeness (QED) is 0.487. The first-order chi connectivity index (χ1) is 11.3. The van der Waals surface area contributed by atoms with E-state index in [0.29, 0.717) is 16.9 Å². The Kier molecular flexibility index (Phi) is 4.75. The smallest absolute Gasteiger partial charge is 0.148 e. The summed E-state index contributed by atoms with van der Waals surface area (Å²) in [4.78, 5) is 22.3. The molecule has 1 aliphatic heterocycles. The van der Waals surface area contributed by atoms with Gasteiger partial charge in [-0.05, 0) is 48.5 Å². The van der Waals surface area contributed by atoms with Crippen LogP contribution in [0, 0.1) is 22.7 Å². The molecule has 2 aliphatic carbocycles. The first-order valence-corrected chi connectivity index (χ1v) is 9.11. The van der Waals surface area contributed by atoms with Crippen molar-refractivity contribution in [2.45, 2.75) is 65.1 Å². The van der Waals surface area contributed by atoms with Crippen LogP contribution in [-0.2, 0) is 14.6 Å². The summed E-state index contributed by atoms with van der Waals surface area (Å²) in [5.41, 5.74) is 2.08. The molecule has 0 saturated heterocycles. The zero-order chi connectivity index (χ0) is 17.5. The van der Waals surface area contributed by atoms with Gasteiger partial charge in [0.2, 0.25) is 0 Å². The van der Waals surface area contributed by atoms with E-state index in [-0.39, 0.29) is 24.0 Å². The number of aliphatic hydroxyl groups excluding tert-OH is 1. The van der Waals surface area contributed by atoms with Crippen molar-refractivity contribution >= 4 is 6.29 Å². The highest BCUT2D eigenvalue weighted by atomic mass is 17.2. The van der Waals surface area contributed by atoms with Gasteiger partial charge in [0.1, 0.15) is 18.5 Å². The fourth-order valence-corrected chi connectivity index (χ4v) is 5.73. The van der Waals surface area contributed by atoms with Crippen LogP contribution in [-0.4, -0.2) is 30.2 Å². The highest BCUT2D eigenvalue weighted by Crippen LogP contribution is 2.62. The number of rotatable bonds is 3. The minimum absolute atomic E-state index is 0.0989. The van der Waals surface area contributed by atoms with Crippen molar-refractivity contribution in [1.82, 2.24) is 0 Å². The van der Waals surface area contributed by atoms with Crippen LogP contribution in [0.2, 0.25) is 0 Å². The van der Waals surface area contributed by atoms with Crippen molar-refractivity contribution in [3.05, 3.63) is 23.8 Å². The van der Waals surface area contributed by atoms with E-state index in [4.69, 9.17) is 9.78 Å². The van der Waals surface area contributed by atoms with E-state index in [9.17, 15) is 9.90 Å². The molecule has 0 radical (unpaired) electrons. The third-order valence-corrected chi connectivity index (χ3v) is 6.82. The predicted molar refractivity (Wildman–Crippen MR) is 92.1 cm³/mol. The van der Waals surface area contributed by atoms with E-state index in [1.54, 1.807) is 0 Å². The average Bonchev–Trinajstić information content (AvgIpc) is 2.53. The molecule has 0 bridgehead atoms. The maximum Gasteiger partial charge on any atom is 0.148 e. The van der Waals surface area contributed by atoms with Crippen molar-refractivity contribution in [3.8, 4) is 0 Å². The van der Waals surface area contributed by atoms with Crippen LogP contribution in [0.3, 0.4) is 0 Å². The second kappa shape index (κ2) is 6.40. The van der Waals surface area contributed by atoms with Gasteiger partial charge in [-0.25, -0.2) is 9.78 Å². The fraction of sp³-hybridized carbons (Fsp3) is 0.750. The molecule has 3 rings (SSSR count). The van der Waals surface area contributed by atoms with Crippen LogP contribution in [0.1, 0.15) is 52.9 Å². The van der Waals surface area contributed by atoms with E-state index >= 15 is 0 Å². The topological polar surface area (TPSA) is 55.8 Å². The molecule has 24 heavy (non-hydrogen) atoms. The van der Waals surface area contributed by atoms with Crippen molar-refractivity contribution in [2.75, 3.05) is 6.61 Å². The Bertz CT molecular complexity index is 550. The summed E-state index contributed by atoms with van der Waals surface area (Å²) in [5, 5.41) is 9.33. The van der Waals surface area contributed by atoms with Crippen LogP contribution < -0.4 is 0 Å². The second-order valence-corrected chi connectivity index (χ2v) is 8.69. The summed E-state index contributed by atoms with van der Waals surface area (Å²) < 4.78 is 0. The highest BCUT2D eigenvalue weighted by molar-refractivity contribution is 5.75. The standard InChI is InChI=1S/C20H30O4/c1-13-6-7-17-19(2,3)8-5-9-20(17,4)18(13)15-10-14(11-21)16(12-22)24-23-15/h10-11,15-18,22H,1,5-9,12H2,2-4H3. The monoisotopic (exact) mass is 334 g/mol. The van der Waals surface area contributed by atoms with Crippen molar-refractivity contribution < 1.29 is 19.7 Å². The molecule has 1 N–H and O–H groups in total. The Hall–Kier alpha value is -0.970. The summed E-state index contributed by atoms with van der Waals surface area (Å²) >= 11 is 0. The molecule has 0 amide bonds. The van der Waals surface area contributed by atoms with Crippen LogP contribution >= 0.6 is 0 Å². The minimum Gasteiger partial charge on any atom is -0.393 e. The lowest BCUT2D eigenvalue weighted by molar-refractivity contribution is -0.358. The largest absolute Gasteiger partial charge is 0.393 e. The normalized spacial score (nSPS) is 42.2. The van der Waals surface area contributed by atoms with E-state index in [1.165, 1.54) is 24.8 Å². The maximum absolute atomic E-state index is 11.4. The molecule has 0 aromatic rings. The molecule has 4 heteroatoms. The number of aldehydes is 1. The van der Waals surface area contributed by atoms with Crippen LogP contribution in [0.25, 0.3) is 0 Å². The van der Waals surface area contributed by atoms with E-state index in [0.717, 1.165) is 19.1 Å². The van der Waals surface area contributed by atoms with Gasteiger partial charge in [0.25, 0.3) is 0 Å². The van der Waals surface area contributed by atoms with Gasteiger partial charge in [0, 0.05) is 11.5 Å². The van der Waals surface area contributed by atoms with E-state index < -0.39 is 6.10 Å². The summed E-state index contributed by atoms with van der Waals surface area (Å²) in [7, 11) is 0. The fourth-order valence-electron chi connectivity index (χ4n) is 5.73. The lowest BCUT2D eigenvalue weighted by atomic mass is 9.47. The number of aliphatic hydroxyl groups is 1. The Morgan fingerprint density at radius 2 is 2.08 bits per heavy atom. The molecule has 0 aromatic heterocycles. The Labute approximate surface area is 144 Å². The molecule has 2 fully saturated rings. The first-order valence-electron chi connectivity index (χ1n) is 9.11. The van der Waals surface area contributed by atoms with Crippen molar-refractivity contribution in [2.24, 2.45) is 22.7 Å². The number of carbonyl (C=O) groups excluding carboxylic acids is 1. The van der Waals surface area contributed by atoms with Crippen molar-refractivity contribution in [1.29, 1.82) is 0 Å². The summed E-state index contributed by atoms with van der Waals surface area (Å²) in [5.74, 6) is 0.756. The number of fused-ring (bicyclic) bond motifs is 1. The number of hydrogen-bond donors (Lipinski definition) is 1. The third kappa shape index (κ3) is 2.79. The van der Waals surface area contributed by atoms with Gasteiger partial charge < -0.3 is 5.11 Å². The molecule has 5 unspecified atom stereocenters. The zero-order valence-electron chi connectivity index (χ0n) is 15.1. The van der Waals surface area contributed by atoms with Crippen molar-refractivity contribution in [3.63, 3.8) is 0 Å². The lowest BCUT2D eigenvalue weighted by Gasteiger charge is -2.59. The van der Waals surface area contributed by atoms with Gasteiger partial charge in [-0.1, -0.05) is 39.3 Å². The minimum atomic E-state index is -0.679. The average molecular weight is 334 g/mol. The maximum atomic E-state index is 11.4. The molecule has 2 saturated carbocycles. The van der Waals surface area contributed by atoms with Gasteiger partial charge in [-0.2, -0.15) is 0 Å². The Balaban J connectivity index is 1.96. The molecule has 3 aliphatic rings. The van der Waals surface area contributed by atoms with Gasteiger partial charge in [-0.3, -0.25) is 4.79 Å². The number of carbonyl (C=O) groups is 1. The van der Waals surface area contributed by atoms with Gasteiger partial charge >= 0.3 is 0 Å². The third-order valence-electron chi connectivity index (χ3n) is 6.82. The predicted octanol–water partition coefficient (Wildman–Crippen LogP) is 3.60. The summed E-state index contributed by atoms with van der Waals surface area (Å²) in [6.45, 7) is 11.2. The van der Waals surface area contributed by atoms with Gasteiger partial charge in [0.05, 0.1) is 6.61 Å². The summed E-state index contributed by atoms with van der Waals surface area (Å²) in [6, 6.07) is 0. The van der Waals surface area contributed by atoms with E-state index in [1.807, 2.05) is 6.08 Å². The number of hydrogen-bond acceptors (Lipinski definition) is 4. The molecule has 5 atom stereocenters. The molecular formula is C20H30O4.